The molecular formula is C30H42BrNO6. The van der Waals surface area contributed by atoms with E-state index in [1.165, 1.54) is 5.56 Å². The summed E-state index contributed by atoms with van der Waals surface area (Å²) in [6.07, 6.45) is 1.42. The molecule has 8 heteroatoms. The number of nitrogens with zero attached hydrogens (tertiary/aromatic N) is 1. The molecule has 0 radical (unpaired) electrons. The van der Waals surface area contributed by atoms with Crippen LogP contribution in [0.25, 0.3) is 0 Å². The molecule has 1 fully saturated rings. The Bertz CT molecular complexity index is 1000. The van der Waals surface area contributed by atoms with Crippen LogP contribution in [0.3, 0.4) is 0 Å². The molecule has 2 aromatic carbocycles. The van der Waals surface area contributed by atoms with Gasteiger partial charge in [0.05, 0.1) is 30.7 Å². The first kappa shape index (κ1) is 30.3. The average Bonchev–Trinajstić information content (AvgIpc) is 3.30. The number of carbonyl (C=O) groups excluding carboxylic acids is 1. The summed E-state index contributed by atoms with van der Waals surface area (Å²) in [6.45, 7) is 10.0. The maximum atomic E-state index is 12.9. The van der Waals surface area contributed by atoms with Crippen molar-refractivity contribution in [3.8, 4) is 17.2 Å². The Labute approximate surface area is 235 Å². The predicted octanol–water partition coefficient (Wildman–Crippen LogP) is 5.98. The Morgan fingerprint density at radius 1 is 1.05 bits per heavy atom. The second kappa shape index (κ2) is 15.3. The lowest BCUT2D eigenvalue weighted by molar-refractivity contribution is -0.149. The van der Waals surface area contributed by atoms with Crippen LogP contribution in [0.15, 0.2) is 46.9 Å². The number of hydrogen-bond donors (Lipinski definition) is 0. The van der Waals surface area contributed by atoms with Crippen LogP contribution in [0.5, 0.6) is 17.2 Å². The minimum Gasteiger partial charge on any atom is -0.493 e. The van der Waals surface area contributed by atoms with E-state index in [1.54, 1.807) is 14.2 Å². The van der Waals surface area contributed by atoms with Crippen molar-refractivity contribution in [3.05, 3.63) is 52.5 Å². The average molecular weight is 593 g/mol. The van der Waals surface area contributed by atoms with Gasteiger partial charge in [-0.15, -0.1) is 0 Å². The standard InChI is InChI=1S/C30H42BrNO6/c1-6-36-30(33)24-20-32(18-22-11-8-7-9-12-22)19-23(24)15-26(21(2)3)38-27-17-29(37-14-10-13-34-4)28(35-5)16-25(27)31/h7-9,11-12,16-17,21,23-24,26H,6,10,13-15,18-20H2,1-5H3/t23-,24-,26?/m1/s1. The number of hydrogen-bond acceptors (Lipinski definition) is 7. The third kappa shape index (κ3) is 8.61. The van der Waals surface area contributed by atoms with Crippen LogP contribution >= 0.6 is 15.9 Å². The Kier molecular flexibility index (Phi) is 12.2. The van der Waals surface area contributed by atoms with Gasteiger partial charge in [0.1, 0.15) is 11.9 Å². The zero-order chi connectivity index (χ0) is 27.5. The van der Waals surface area contributed by atoms with Gasteiger partial charge in [-0.05, 0) is 46.7 Å². The van der Waals surface area contributed by atoms with Crippen LogP contribution in [0.4, 0.5) is 0 Å². The minimum absolute atomic E-state index is 0.0976. The van der Waals surface area contributed by atoms with Crippen molar-refractivity contribution in [2.24, 2.45) is 17.8 Å². The number of halogens is 1. The van der Waals surface area contributed by atoms with E-state index in [9.17, 15) is 4.79 Å². The molecule has 0 N–H and O–H groups in total. The van der Waals surface area contributed by atoms with Crippen molar-refractivity contribution in [1.82, 2.24) is 4.90 Å². The number of methoxy groups -OCH3 is 2. The fraction of sp³-hybridized carbons (Fsp3) is 0.567. The molecule has 2 aromatic rings. The Morgan fingerprint density at radius 3 is 2.47 bits per heavy atom. The number of rotatable bonds is 15. The third-order valence-corrected chi connectivity index (χ3v) is 7.50. The smallest absolute Gasteiger partial charge is 0.310 e. The maximum absolute atomic E-state index is 12.9. The molecule has 0 spiro atoms. The summed E-state index contributed by atoms with van der Waals surface area (Å²) in [7, 11) is 3.30. The molecule has 1 aliphatic heterocycles. The predicted molar refractivity (Wildman–Crippen MR) is 152 cm³/mol. The lowest BCUT2D eigenvalue weighted by Crippen LogP contribution is -2.32. The zero-order valence-electron chi connectivity index (χ0n) is 23.3. The van der Waals surface area contributed by atoms with E-state index in [-0.39, 0.29) is 29.8 Å². The number of ether oxygens (including phenoxy) is 5. The highest BCUT2D eigenvalue weighted by Crippen LogP contribution is 2.40. The first-order chi connectivity index (χ1) is 18.4. The number of likely N-dealkylation sites (tertiary alicyclic amines) is 1. The Morgan fingerprint density at radius 2 is 1.82 bits per heavy atom. The van der Waals surface area contributed by atoms with Gasteiger partial charge in [-0.3, -0.25) is 9.69 Å². The summed E-state index contributed by atoms with van der Waals surface area (Å²) in [4.78, 5) is 15.3. The molecule has 0 bridgehead atoms. The number of benzene rings is 2. The number of esters is 1. The SMILES string of the molecule is CCOC(=O)[C@@H]1CN(Cc2ccccc2)C[C@H]1CC(Oc1cc(OCCCOC)c(OC)cc1Br)C(C)C. The lowest BCUT2D eigenvalue weighted by Gasteiger charge is -2.28. The van der Waals surface area contributed by atoms with Crippen LogP contribution in [0, 0.1) is 17.8 Å². The molecule has 7 nitrogen and oxygen atoms in total. The highest BCUT2D eigenvalue weighted by atomic mass is 79.9. The Hall–Kier alpha value is -2.29. The van der Waals surface area contributed by atoms with E-state index in [0.717, 1.165) is 30.4 Å². The summed E-state index contributed by atoms with van der Waals surface area (Å²) >= 11 is 3.64. The summed E-state index contributed by atoms with van der Waals surface area (Å²) in [5.74, 6) is 2.03. The highest BCUT2D eigenvalue weighted by molar-refractivity contribution is 9.10. The molecule has 0 aliphatic carbocycles. The first-order valence-corrected chi connectivity index (χ1v) is 14.2. The summed E-state index contributed by atoms with van der Waals surface area (Å²) in [5, 5.41) is 0. The largest absolute Gasteiger partial charge is 0.493 e. The molecule has 0 aromatic heterocycles. The molecule has 1 heterocycles. The fourth-order valence-electron chi connectivity index (χ4n) is 4.87. The molecule has 3 atom stereocenters. The minimum atomic E-state index is -0.178. The molecule has 1 aliphatic rings. The van der Waals surface area contributed by atoms with Gasteiger partial charge in [-0.1, -0.05) is 44.2 Å². The van der Waals surface area contributed by atoms with Crippen LogP contribution < -0.4 is 14.2 Å². The highest BCUT2D eigenvalue weighted by Gasteiger charge is 2.40. The molecule has 0 amide bonds. The van der Waals surface area contributed by atoms with Crippen molar-refractivity contribution >= 4 is 21.9 Å². The zero-order valence-corrected chi connectivity index (χ0v) is 24.9. The first-order valence-electron chi connectivity index (χ1n) is 13.4. The van der Waals surface area contributed by atoms with Gasteiger partial charge in [-0.25, -0.2) is 0 Å². The molecule has 38 heavy (non-hydrogen) atoms. The fourth-order valence-corrected chi connectivity index (χ4v) is 5.28. The summed E-state index contributed by atoms with van der Waals surface area (Å²) < 4.78 is 29.5. The molecule has 210 valence electrons. The van der Waals surface area contributed by atoms with Crippen molar-refractivity contribution in [2.75, 3.05) is 47.1 Å². The monoisotopic (exact) mass is 591 g/mol. The van der Waals surface area contributed by atoms with Crippen molar-refractivity contribution in [3.63, 3.8) is 0 Å². The molecular weight excluding hydrogens is 550 g/mol. The summed E-state index contributed by atoms with van der Waals surface area (Å²) in [5.41, 5.74) is 1.24. The second-order valence-electron chi connectivity index (χ2n) is 10.1. The van der Waals surface area contributed by atoms with Crippen LogP contribution in [0.2, 0.25) is 0 Å². The van der Waals surface area contributed by atoms with Crippen molar-refractivity contribution in [1.29, 1.82) is 0 Å². The second-order valence-corrected chi connectivity index (χ2v) is 10.9. The quantitative estimate of drug-likeness (QED) is 0.186. The molecule has 0 saturated carbocycles. The van der Waals surface area contributed by atoms with Gasteiger partial charge in [0, 0.05) is 51.9 Å². The van der Waals surface area contributed by atoms with Crippen molar-refractivity contribution in [2.45, 2.75) is 46.3 Å². The normalized spacial score (nSPS) is 18.4. The van der Waals surface area contributed by atoms with E-state index in [0.29, 0.717) is 43.6 Å². The lowest BCUT2D eigenvalue weighted by atomic mass is 9.87. The summed E-state index contributed by atoms with van der Waals surface area (Å²) in [6, 6.07) is 14.1. The molecule has 3 rings (SSSR count). The van der Waals surface area contributed by atoms with Gasteiger partial charge < -0.3 is 23.7 Å². The third-order valence-electron chi connectivity index (χ3n) is 6.88. The van der Waals surface area contributed by atoms with Gasteiger partial charge in [-0.2, -0.15) is 0 Å². The van der Waals surface area contributed by atoms with Gasteiger partial charge in [0.15, 0.2) is 11.5 Å². The van der Waals surface area contributed by atoms with E-state index >= 15 is 0 Å². The topological polar surface area (TPSA) is 66.5 Å². The van der Waals surface area contributed by atoms with Crippen molar-refractivity contribution < 1.29 is 28.5 Å². The van der Waals surface area contributed by atoms with Gasteiger partial charge in [0.25, 0.3) is 0 Å². The number of carbonyl (C=O) groups is 1. The van der Waals surface area contributed by atoms with E-state index in [2.05, 4.69) is 58.9 Å². The van der Waals surface area contributed by atoms with Gasteiger partial charge in [0.2, 0.25) is 0 Å². The van der Waals surface area contributed by atoms with Gasteiger partial charge >= 0.3 is 5.97 Å². The van der Waals surface area contributed by atoms with E-state index in [1.807, 2.05) is 25.1 Å². The molecule has 1 saturated heterocycles. The maximum Gasteiger partial charge on any atom is 0.310 e. The molecule has 1 unspecified atom stereocenters. The van der Waals surface area contributed by atoms with E-state index in [4.69, 9.17) is 23.7 Å². The van der Waals surface area contributed by atoms with E-state index < -0.39 is 0 Å². The Balaban J connectivity index is 1.76. The van der Waals surface area contributed by atoms with Crippen LogP contribution in [0.1, 0.15) is 39.2 Å². The van der Waals surface area contributed by atoms with Crippen LogP contribution in [-0.2, 0) is 20.8 Å². The van der Waals surface area contributed by atoms with Crippen LogP contribution in [-0.4, -0.2) is 64.1 Å².